The number of carbonyl (C=O) groups is 1. The summed E-state index contributed by atoms with van der Waals surface area (Å²) in [6, 6.07) is 8.43. The molecule has 1 aromatic rings. The Morgan fingerprint density at radius 3 is 1.77 bits per heavy atom. The summed E-state index contributed by atoms with van der Waals surface area (Å²) in [6.45, 7) is 4.50. The maximum Gasteiger partial charge on any atom is 0.224 e. The summed E-state index contributed by atoms with van der Waals surface area (Å²) in [4.78, 5) is 12.0. The van der Waals surface area contributed by atoms with Gasteiger partial charge < -0.3 is 5.32 Å². The summed E-state index contributed by atoms with van der Waals surface area (Å²) >= 11 is 0. The number of benzene rings is 1. The van der Waals surface area contributed by atoms with Crippen LogP contribution in [0.25, 0.3) is 0 Å². The molecule has 2 nitrogen and oxygen atoms in total. The Bertz CT molecular complexity index is 452. The van der Waals surface area contributed by atoms with Crippen LogP contribution in [0.1, 0.15) is 109 Å². The molecule has 1 aromatic carbocycles. The molecule has 0 heterocycles. The van der Waals surface area contributed by atoms with Crippen LogP contribution in [-0.4, -0.2) is 5.91 Å². The Hall–Kier alpha value is -1.31. The first-order valence-electron chi connectivity index (χ1n) is 11.1. The molecule has 1 N–H and O–H groups in total. The van der Waals surface area contributed by atoms with Gasteiger partial charge in [-0.1, -0.05) is 96.6 Å². The number of unbranched alkanes of at least 4 members (excludes halogenated alkanes) is 11. The molecule has 148 valence electrons. The highest BCUT2D eigenvalue weighted by Gasteiger charge is 2.03. The van der Waals surface area contributed by atoms with Crippen molar-refractivity contribution in [1.29, 1.82) is 0 Å². The van der Waals surface area contributed by atoms with Gasteiger partial charge in [-0.25, -0.2) is 0 Å². The Labute approximate surface area is 162 Å². The number of carbonyl (C=O) groups excluding carboxylic acids is 1. The fraction of sp³-hybridized carbons (Fsp3) is 0.708. The van der Waals surface area contributed by atoms with Gasteiger partial charge in [0.05, 0.1) is 0 Å². The summed E-state index contributed by atoms with van der Waals surface area (Å²) in [5.74, 6) is 0.155. The molecular formula is C24H41NO. The van der Waals surface area contributed by atoms with E-state index in [-0.39, 0.29) is 5.91 Å². The molecule has 0 saturated carbocycles. The first kappa shape index (κ1) is 22.7. The molecule has 0 unspecified atom stereocenters. The van der Waals surface area contributed by atoms with E-state index in [0.29, 0.717) is 6.42 Å². The van der Waals surface area contributed by atoms with Gasteiger partial charge in [-0.15, -0.1) is 0 Å². The summed E-state index contributed by atoms with van der Waals surface area (Å²) in [5.41, 5.74) is 2.32. The van der Waals surface area contributed by atoms with E-state index in [9.17, 15) is 4.79 Å². The maximum atomic E-state index is 12.0. The molecule has 0 radical (unpaired) electrons. The molecule has 0 fully saturated rings. The Kier molecular flexibility index (Phi) is 13.9. The van der Waals surface area contributed by atoms with Crippen molar-refractivity contribution in [2.24, 2.45) is 0 Å². The van der Waals surface area contributed by atoms with Crippen LogP contribution in [0.4, 0.5) is 5.69 Å². The molecule has 0 bridgehead atoms. The molecular weight excluding hydrogens is 318 g/mol. The van der Waals surface area contributed by atoms with E-state index in [0.717, 1.165) is 18.5 Å². The third-order valence-corrected chi connectivity index (χ3v) is 5.06. The second kappa shape index (κ2) is 15.9. The Morgan fingerprint density at radius 2 is 1.19 bits per heavy atom. The summed E-state index contributed by atoms with van der Waals surface area (Å²) in [5, 5.41) is 3.03. The minimum Gasteiger partial charge on any atom is -0.326 e. The zero-order valence-electron chi connectivity index (χ0n) is 17.3. The van der Waals surface area contributed by atoms with E-state index in [1.54, 1.807) is 0 Å². The molecule has 0 aliphatic rings. The predicted molar refractivity (Wildman–Crippen MR) is 115 cm³/mol. The number of rotatable bonds is 16. The normalized spacial score (nSPS) is 10.8. The van der Waals surface area contributed by atoms with Gasteiger partial charge >= 0.3 is 0 Å². The smallest absolute Gasteiger partial charge is 0.224 e. The van der Waals surface area contributed by atoms with Gasteiger partial charge in [0.15, 0.2) is 0 Å². The highest BCUT2D eigenvalue weighted by Crippen LogP contribution is 2.14. The van der Waals surface area contributed by atoms with Gasteiger partial charge in [0.1, 0.15) is 0 Å². The molecule has 0 aliphatic heterocycles. The van der Waals surface area contributed by atoms with Gasteiger partial charge in [-0.05, 0) is 37.0 Å². The average molecular weight is 360 g/mol. The van der Waals surface area contributed by atoms with Gasteiger partial charge in [-0.2, -0.15) is 0 Å². The molecule has 2 heteroatoms. The number of anilines is 1. The lowest BCUT2D eigenvalue weighted by atomic mass is 10.0. The number of nitrogens with one attached hydrogen (secondary N) is 1. The highest BCUT2D eigenvalue weighted by atomic mass is 16.1. The summed E-state index contributed by atoms with van der Waals surface area (Å²) in [7, 11) is 0. The standard InChI is InChI=1S/C24H41NO/c1-3-5-7-9-11-13-15-17-24(26)25-23-20-18-22(19-21-23)16-14-12-10-8-6-4-2/h18-21H,3-17H2,1-2H3,(H,25,26). The number of amides is 1. The fourth-order valence-electron chi connectivity index (χ4n) is 3.33. The molecule has 0 aromatic heterocycles. The molecule has 26 heavy (non-hydrogen) atoms. The quantitative estimate of drug-likeness (QED) is 0.301. The highest BCUT2D eigenvalue weighted by molar-refractivity contribution is 5.90. The van der Waals surface area contributed by atoms with Crippen molar-refractivity contribution in [3.05, 3.63) is 29.8 Å². The SMILES string of the molecule is CCCCCCCCCC(=O)Nc1ccc(CCCCCCCC)cc1. The van der Waals surface area contributed by atoms with Crippen molar-refractivity contribution in [1.82, 2.24) is 0 Å². The fourth-order valence-corrected chi connectivity index (χ4v) is 3.33. The lowest BCUT2D eigenvalue weighted by Crippen LogP contribution is -2.11. The molecule has 1 rings (SSSR count). The molecule has 1 amide bonds. The predicted octanol–water partition coefficient (Wildman–Crippen LogP) is 7.67. The average Bonchev–Trinajstić information content (AvgIpc) is 2.65. The Morgan fingerprint density at radius 1 is 0.692 bits per heavy atom. The third kappa shape index (κ3) is 12.1. The van der Waals surface area contributed by atoms with Crippen LogP contribution in [0.15, 0.2) is 24.3 Å². The first-order valence-corrected chi connectivity index (χ1v) is 11.1. The second-order valence-corrected chi connectivity index (χ2v) is 7.63. The van der Waals surface area contributed by atoms with Crippen LogP contribution >= 0.6 is 0 Å². The van der Waals surface area contributed by atoms with E-state index >= 15 is 0 Å². The van der Waals surface area contributed by atoms with Crippen LogP contribution in [0.2, 0.25) is 0 Å². The van der Waals surface area contributed by atoms with E-state index in [2.05, 4.69) is 43.4 Å². The van der Waals surface area contributed by atoms with Crippen molar-refractivity contribution < 1.29 is 4.79 Å². The van der Waals surface area contributed by atoms with Crippen molar-refractivity contribution in [3.63, 3.8) is 0 Å². The second-order valence-electron chi connectivity index (χ2n) is 7.63. The van der Waals surface area contributed by atoms with Crippen molar-refractivity contribution >= 4 is 11.6 Å². The summed E-state index contributed by atoms with van der Waals surface area (Å²) in [6.07, 6.45) is 18.6. The zero-order chi connectivity index (χ0) is 18.9. The van der Waals surface area contributed by atoms with Crippen molar-refractivity contribution in [2.75, 3.05) is 5.32 Å². The first-order chi connectivity index (χ1) is 12.8. The molecule has 0 atom stereocenters. The zero-order valence-corrected chi connectivity index (χ0v) is 17.3. The van der Waals surface area contributed by atoms with Crippen LogP contribution in [-0.2, 0) is 11.2 Å². The topological polar surface area (TPSA) is 29.1 Å². The molecule has 0 aliphatic carbocycles. The lowest BCUT2D eigenvalue weighted by Gasteiger charge is -2.07. The van der Waals surface area contributed by atoms with Gasteiger partial charge in [-0.3, -0.25) is 4.79 Å². The largest absolute Gasteiger partial charge is 0.326 e. The lowest BCUT2D eigenvalue weighted by molar-refractivity contribution is -0.116. The van der Waals surface area contributed by atoms with E-state index < -0.39 is 0 Å². The van der Waals surface area contributed by atoms with Crippen molar-refractivity contribution in [2.45, 2.75) is 110 Å². The summed E-state index contributed by atoms with van der Waals surface area (Å²) < 4.78 is 0. The number of hydrogen-bond acceptors (Lipinski definition) is 1. The van der Waals surface area contributed by atoms with Gasteiger partial charge in [0.2, 0.25) is 5.91 Å². The number of hydrogen-bond donors (Lipinski definition) is 1. The minimum absolute atomic E-state index is 0.155. The number of aryl methyl sites for hydroxylation is 1. The van der Waals surface area contributed by atoms with E-state index in [4.69, 9.17) is 0 Å². The van der Waals surface area contributed by atoms with E-state index in [1.807, 2.05) is 0 Å². The van der Waals surface area contributed by atoms with Crippen LogP contribution < -0.4 is 5.32 Å². The van der Waals surface area contributed by atoms with Crippen LogP contribution in [0.5, 0.6) is 0 Å². The van der Waals surface area contributed by atoms with E-state index in [1.165, 1.54) is 82.6 Å². The molecule has 0 spiro atoms. The van der Waals surface area contributed by atoms with Gasteiger partial charge in [0, 0.05) is 12.1 Å². The van der Waals surface area contributed by atoms with Crippen molar-refractivity contribution in [3.8, 4) is 0 Å². The van der Waals surface area contributed by atoms with Gasteiger partial charge in [0.25, 0.3) is 0 Å². The van der Waals surface area contributed by atoms with Crippen LogP contribution in [0.3, 0.4) is 0 Å². The van der Waals surface area contributed by atoms with Crippen LogP contribution in [0, 0.1) is 0 Å². The molecule has 0 saturated heterocycles. The maximum absolute atomic E-state index is 12.0. The minimum atomic E-state index is 0.155. The third-order valence-electron chi connectivity index (χ3n) is 5.06. The monoisotopic (exact) mass is 359 g/mol. The Balaban J connectivity index is 2.10.